The summed E-state index contributed by atoms with van der Waals surface area (Å²) in [5, 5.41) is 3.65. The van der Waals surface area contributed by atoms with Gasteiger partial charge in [-0.25, -0.2) is 9.97 Å². The predicted octanol–water partition coefficient (Wildman–Crippen LogP) is 5.55. The maximum Gasteiger partial charge on any atom is 0.319 e. The zero-order valence-corrected chi connectivity index (χ0v) is 17.1. The maximum atomic E-state index is 12.2. The molecular weight excluding hydrogens is 420 g/mol. The van der Waals surface area contributed by atoms with Gasteiger partial charge < -0.3 is 4.74 Å². The Bertz CT molecular complexity index is 880. The van der Waals surface area contributed by atoms with Crippen molar-refractivity contribution in [2.45, 2.75) is 30.5 Å². The number of esters is 1. The van der Waals surface area contributed by atoms with Crippen LogP contribution in [0.25, 0.3) is 21.3 Å². The van der Waals surface area contributed by atoms with E-state index in [2.05, 4.69) is 43.4 Å². The average molecular weight is 437 g/mol. The molecule has 0 unspecified atom stereocenters. The van der Waals surface area contributed by atoms with E-state index >= 15 is 0 Å². The van der Waals surface area contributed by atoms with Gasteiger partial charge in [0.05, 0.1) is 12.0 Å². The number of nitrogens with zero attached hydrogens (tertiary/aromatic N) is 2. The molecule has 2 aromatic heterocycles. The molecule has 7 heteroatoms. The molecular formula is C18H17BrN2O2S2. The zero-order chi connectivity index (χ0) is 17.8. The molecule has 25 heavy (non-hydrogen) atoms. The lowest BCUT2D eigenvalue weighted by molar-refractivity contribution is -0.142. The number of carbonyl (C=O) groups is 1. The van der Waals surface area contributed by atoms with Gasteiger partial charge in [-0.1, -0.05) is 46.7 Å². The summed E-state index contributed by atoms with van der Waals surface area (Å²) < 4.78 is 6.22. The van der Waals surface area contributed by atoms with Crippen molar-refractivity contribution in [3.63, 3.8) is 0 Å². The molecule has 130 valence electrons. The van der Waals surface area contributed by atoms with Gasteiger partial charge in [-0.2, -0.15) is 0 Å². The fraction of sp³-hybridized carbons (Fsp3) is 0.278. The predicted molar refractivity (Wildman–Crippen MR) is 107 cm³/mol. The molecule has 0 aliphatic heterocycles. The van der Waals surface area contributed by atoms with Crippen LogP contribution in [0.3, 0.4) is 0 Å². The normalized spacial score (nSPS) is 12.3. The molecule has 0 amide bonds. The topological polar surface area (TPSA) is 52.1 Å². The molecule has 0 aliphatic rings. The monoisotopic (exact) mass is 436 g/mol. The second-order valence-corrected chi connectivity index (χ2v) is 8.25. The summed E-state index contributed by atoms with van der Waals surface area (Å²) in [6.07, 6.45) is 2.25. The van der Waals surface area contributed by atoms with E-state index in [4.69, 9.17) is 4.74 Å². The van der Waals surface area contributed by atoms with Crippen LogP contribution in [-0.2, 0) is 9.53 Å². The SMILES string of the molecule is CCOC(=O)[C@H](CC)Sc1ncnc2scc(-c3ccc(Br)cc3)c12. The maximum absolute atomic E-state index is 12.2. The quantitative estimate of drug-likeness (QED) is 0.287. The first-order chi connectivity index (χ1) is 12.1. The first kappa shape index (κ1) is 18.4. The van der Waals surface area contributed by atoms with Gasteiger partial charge in [-0.3, -0.25) is 4.79 Å². The molecule has 0 aliphatic carbocycles. The zero-order valence-electron chi connectivity index (χ0n) is 13.9. The van der Waals surface area contributed by atoms with E-state index in [0.717, 1.165) is 30.8 Å². The molecule has 0 bridgehead atoms. The van der Waals surface area contributed by atoms with E-state index in [9.17, 15) is 4.79 Å². The summed E-state index contributed by atoms with van der Waals surface area (Å²) in [5.41, 5.74) is 2.20. The van der Waals surface area contributed by atoms with Crippen molar-refractivity contribution in [3.05, 3.63) is 40.4 Å². The van der Waals surface area contributed by atoms with Crippen LogP contribution in [0.5, 0.6) is 0 Å². The summed E-state index contributed by atoms with van der Waals surface area (Å²) in [7, 11) is 0. The first-order valence-corrected chi connectivity index (χ1v) is 10.5. The van der Waals surface area contributed by atoms with Gasteiger partial charge >= 0.3 is 5.97 Å². The third-order valence-electron chi connectivity index (χ3n) is 3.66. The summed E-state index contributed by atoms with van der Waals surface area (Å²) in [6.45, 7) is 4.19. The highest BCUT2D eigenvalue weighted by Gasteiger charge is 2.22. The fourth-order valence-corrected chi connectivity index (χ4v) is 4.72. The third kappa shape index (κ3) is 4.04. The van der Waals surface area contributed by atoms with Crippen molar-refractivity contribution in [1.29, 1.82) is 0 Å². The van der Waals surface area contributed by atoms with E-state index in [1.165, 1.54) is 11.8 Å². The van der Waals surface area contributed by atoms with E-state index in [1.54, 1.807) is 17.7 Å². The molecule has 0 radical (unpaired) electrons. The number of hydrogen-bond donors (Lipinski definition) is 0. The van der Waals surface area contributed by atoms with Crippen LogP contribution in [0.1, 0.15) is 20.3 Å². The number of fused-ring (bicyclic) bond motifs is 1. The van der Waals surface area contributed by atoms with Gasteiger partial charge in [-0.05, 0) is 31.0 Å². The van der Waals surface area contributed by atoms with Crippen LogP contribution in [0.4, 0.5) is 0 Å². The van der Waals surface area contributed by atoms with Crippen molar-refractivity contribution in [2.75, 3.05) is 6.61 Å². The Labute approximate surface area is 163 Å². The highest BCUT2D eigenvalue weighted by molar-refractivity contribution is 9.10. The van der Waals surface area contributed by atoms with Gasteiger partial charge in [-0.15, -0.1) is 11.3 Å². The number of rotatable bonds is 6. The molecule has 1 atom stereocenters. The molecule has 3 rings (SSSR count). The minimum absolute atomic E-state index is 0.192. The molecule has 4 nitrogen and oxygen atoms in total. The Balaban J connectivity index is 2.02. The van der Waals surface area contributed by atoms with Crippen LogP contribution >= 0.6 is 39.0 Å². The summed E-state index contributed by atoms with van der Waals surface area (Å²) in [4.78, 5) is 21.9. The van der Waals surface area contributed by atoms with Gasteiger partial charge in [0.25, 0.3) is 0 Å². The minimum Gasteiger partial charge on any atom is -0.465 e. The summed E-state index contributed by atoms with van der Waals surface area (Å²) in [5.74, 6) is -0.192. The Morgan fingerprint density at radius 2 is 2.04 bits per heavy atom. The molecule has 1 aromatic carbocycles. The van der Waals surface area contributed by atoms with E-state index < -0.39 is 0 Å². The Morgan fingerprint density at radius 1 is 1.28 bits per heavy atom. The van der Waals surface area contributed by atoms with Gasteiger partial charge in [0, 0.05) is 15.4 Å². The largest absolute Gasteiger partial charge is 0.465 e. The van der Waals surface area contributed by atoms with E-state index in [1.807, 2.05) is 26.0 Å². The molecule has 0 saturated heterocycles. The first-order valence-electron chi connectivity index (χ1n) is 7.95. The molecule has 3 aromatic rings. The Kier molecular flexibility index (Phi) is 6.09. The summed E-state index contributed by atoms with van der Waals surface area (Å²) >= 11 is 6.51. The highest BCUT2D eigenvalue weighted by Crippen LogP contribution is 2.39. The van der Waals surface area contributed by atoms with Gasteiger partial charge in [0.15, 0.2) is 0 Å². The second kappa shape index (κ2) is 8.29. The Hall–Kier alpha value is -1.44. The highest BCUT2D eigenvalue weighted by atomic mass is 79.9. The van der Waals surface area contributed by atoms with E-state index in [0.29, 0.717) is 13.0 Å². The molecule has 0 N–H and O–H groups in total. The van der Waals surface area contributed by atoms with Gasteiger partial charge in [0.1, 0.15) is 21.4 Å². The number of thioether (sulfide) groups is 1. The van der Waals surface area contributed by atoms with Crippen molar-refractivity contribution in [3.8, 4) is 11.1 Å². The smallest absolute Gasteiger partial charge is 0.319 e. The number of aromatic nitrogens is 2. The number of halogens is 1. The molecule has 0 saturated carbocycles. The van der Waals surface area contributed by atoms with Crippen LogP contribution in [0.2, 0.25) is 0 Å². The van der Waals surface area contributed by atoms with Gasteiger partial charge in [0.2, 0.25) is 0 Å². The van der Waals surface area contributed by atoms with Crippen LogP contribution in [0.15, 0.2) is 45.5 Å². The fourth-order valence-electron chi connectivity index (χ4n) is 2.45. The van der Waals surface area contributed by atoms with Crippen molar-refractivity contribution >= 4 is 55.2 Å². The lowest BCUT2D eigenvalue weighted by Crippen LogP contribution is -2.19. The van der Waals surface area contributed by atoms with Crippen LogP contribution in [-0.4, -0.2) is 27.8 Å². The Morgan fingerprint density at radius 3 is 2.72 bits per heavy atom. The van der Waals surface area contributed by atoms with Crippen LogP contribution in [0, 0.1) is 0 Å². The number of thiophene rings is 1. The van der Waals surface area contributed by atoms with Crippen molar-refractivity contribution < 1.29 is 9.53 Å². The van der Waals surface area contributed by atoms with Crippen LogP contribution < -0.4 is 0 Å². The van der Waals surface area contributed by atoms with E-state index in [-0.39, 0.29) is 11.2 Å². The van der Waals surface area contributed by atoms with Crippen molar-refractivity contribution in [1.82, 2.24) is 9.97 Å². The minimum atomic E-state index is -0.268. The number of carbonyl (C=O) groups excluding carboxylic acids is 1. The lowest BCUT2D eigenvalue weighted by Gasteiger charge is -2.13. The average Bonchev–Trinajstić information content (AvgIpc) is 3.05. The number of ether oxygens (including phenoxy) is 1. The number of benzene rings is 1. The molecule has 0 spiro atoms. The molecule has 2 heterocycles. The lowest BCUT2D eigenvalue weighted by atomic mass is 10.1. The number of hydrogen-bond acceptors (Lipinski definition) is 6. The second-order valence-electron chi connectivity index (χ2n) is 5.28. The van der Waals surface area contributed by atoms with Crippen molar-refractivity contribution in [2.24, 2.45) is 0 Å². The third-order valence-corrected chi connectivity index (χ3v) is 6.42. The molecule has 0 fully saturated rings. The standard InChI is InChI=1S/C18H17BrN2O2S2/c1-3-14(18(22)23-4-2)25-17-15-13(9-24-16(15)20-10-21-17)11-5-7-12(19)8-6-11/h5-10,14H,3-4H2,1-2H3/t14-/m0/s1. The summed E-state index contributed by atoms with van der Waals surface area (Å²) in [6, 6.07) is 8.16.